The summed E-state index contributed by atoms with van der Waals surface area (Å²) in [5.74, 6) is -0.629. The van der Waals surface area contributed by atoms with Crippen molar-refractivity contribution < 1.29 is 28.5 Å². The molecule has 2 aromatic carbocycles. The minimum Gasteiger partial charge on any atom is -0.471 e. The molecule has 4 unspecified atom stereocenters. The Morgan fingerprint density at radius 3 is 1.28 bits per heavy atom. The van der Waals surface area contributed by atoms with Gasteiger partial charge in [-0.3, -0.25) is 0 Å². The lowest BCUT2D eigenvalue weighted by Crippen LogP contribution is -2.67. The lowest BCUT2D eigenvalue weighted by Gasteiger charge is -2.42. The Bertz CT molecular complexity index is 795. The van der Waals surface area contributed by atoms with E-state index < -0.39 is 23.1 Å². The summed E-state index contributed by atoms with van der Waals surface area (Å²) in [6.07, 6.45) is 0.488. The summed E-state index contributed by atoms with van der Waals surface area (Å²) >= 11 is 0. The molecule has 0 N–H and O–H groups in total. The normalized spacial score (nSPS) is 16.6. The van der Waals surface area contributed by atoms with Gasteiger partial charge in [0.05, 0.1) is 12.2 Å². The van der Waals surface area contributed by atoms with Gasteiger partial charge in [-0.2, -0.15) is 0 Å². The van der Waals surface area contributed by atoms with Crippen LogP contribution in [0.5, 0.6) is 11.5 Å². The van der Waals surface area contributed by atoms with E-state index in [1.54, 1.807) is 62.4 Å². The SMILES string of the molecule is CCC(C)OC(=O)C(C)(Oc1ccccc1)C(C)(Oc1ccccc1)C(=O)OC(C)CC. The molecule has 0 aliphatic rings. The predicted octanol–water partition coefficient (Wildman–Crippen LogP) is 5.35. The van der Waals surface area contributed by atoms with Gasteiger partial charge in [0.2, 0.25) is 0 Å². The zero-order chi connectivity index (χ0) is 23.8. The molecule has 6 heteroatoms. The second kappa shape index (κ2) is 11.0. The van der Waals surface area contributed by atoms with Crippen molar-refractivity contribution in [3.8, 4) is 11.5 Å². The molecule has 0 radical (unpaired) electrons. The van der Waals surface area contributed by atoms with Crippen LogP contribution >= 0.6 is 0 Å². The first kappa shape index (κ1) is 25.2. The lowest BCUT2D eigenvalue weighted by atomic mass is 9.84. The molecule has 0 saturated carbocycles. The molecule has 0 fully saturated rings. The molecule has 2 rings (SSSR count). The quantitative estimate of drug-likeness (QED) is 0.437. The average molecular weight is 443 g/mol. The lowest BCUT2D eigenvalue weighted by molar-refractivity contribution is -0.202. The van der Waals surface area contributed by atoms with Gasteiger partial charge in [-0.25, -0.2) is 9.59 Å². The van der Waals surface area contributed by atoms with E-state index in [0.717, 1.165) is 0 Å². The van der Waals surface area contributed by atoms with E-state index in [4.69, 9.17) is 18.9 Å². The van der Waals surface area contributed by atoms with Crippen molar-refractivity contribution in [2.24, 2.45) is 0 Å². The number of benzene rings is 2. The van der Waals surface area contributed by atoms with Crippen LogP contribution in [0, 0.1) is 0 Å². The monoisotopic (exact) mass is 442 g/mol. The molecule has 174 valence electrons. The van der Waals surface area contributed by atoms with Crippen LogP contribution in [-0.2, 0) is 19.1 Å². The Labute approximate surface area is 190 Å². The van der Waals surface area contributed by atoms with Gasteiger partial charge in [-0.15, -0.1) is 0 Å². The van der Waals surface area contributed by atoms with Crippen LogP contribution in [0.15, 0.2) is 60.7 Å². The van der Waals surface area contributed by atoms with Gasteiger partial charge < -0.3 is 18.9 Å². The third-order valence-electron chi connectivity index (χ3n) is 5.59. The summed E-state index contributed by atoms with van der Waals surface area (Å²) in [4.78, 5) is 27.0. The molecule has 4 atom stereocenters. The highest BCUT2D eigenvalue weighted by atomic mass is 16.6. The van der Waals surface area contributed by atoms with E-state index in [1.807, 2.05) is 26.0 Å². The van der Waals surface area contributed by atoms with Crippen LogP contribution in [-0.4, -0.2) is 35.3 Å². The van der Waals surface area contributed by atoms with Gasteiger partial charge >= 0.3 is 11.9 Å². The predicted molar refractivity (Wildman–Crippen MR) is 123 cm³/mol. The van der Waals surface area contributed by atoms with E-state index >= 15 is 0 Å². The Hall–Kier alpha value is -3.02. The summed E-state index contributed by atoms with van der Waals surface area (Å²) in [6, 6.07) is 17.6. The van der Waals surface area contributed by atoms with E-state index in [9.17, 15) is 9.59 Å². The van der Waals surface area contributed by atoms with Crippen molar-refractivity contribution in [3.63, 3.8) is 0 Å². The second-order valence-electron chi connectivity index (χ2n) is 8.15. The molecule has 0 aromatic heterocycles. The van der Waals surface area contributed by atoms with E-state index in [0.29, 0.717) is 24.3 Å². The Kier molecular flexibility index (Phi) is 8.70. The van der Waals surface area contributed by atoms with Crippen LogP contribution in [0.3, 0.4) is 0 Å². The van der Waals surface area contributed by atoms with Crippen LogP contribution in [0.4, 0.5) is 0 Å². The Balaban J connectivity index is 2.60. The van der Waals surface area contributed by atoms with Gasteiger partial charge in [0.25, 0.3) is 11.2 Å². The average Bonchev–Trinajstić information content (AvgIpc) is 2.79. The topological polar surface area (TPSA) is 71.1 Å². The van der Waals surface area contributed by atoms with E-state index in [2.05, 4.69) is 0 Å². The number of ether oxygens (including phenoxy) is 4. The van der Waals surface area contributed by atoms with Gasteiger partial charge in [-0.05, 0) is 64.8 Å². The maximum atomic E-state index is 13.5. The molecule has 0 aliphatic heterocycles. The van der Waals surface area contributed by atoms with Crippen molar-refractivity contribution in [3.05, 3.63) is 60.7 Å². The van der Waals surface area contributed by atoms with Gasteiger partial charge in [0.15, 0.2) is 0 Å². The first-order valence-electron chi connectivity index (χ1n) is 11.1. The van der Waals surface area contributed by atoms with Crippen molar-refractivity contribution in [1.29, 1.82) is 0 Å². The fraction of sp³-hybridized carbons (Fsp3) is 0.462. The van der Waals surface area contributed by atoms with Crippen LogP contribution in [0.2, 0.25) is 0 Å². The molecule has 0 saturated heterocycles. The first-order chi connectivity index (χ1) is 15.2. The maximum absolute atomic E-state index is 13.5. The Morgan fingerprint density at radius 2 is 1.00 bits per heavy atom. The summed E-state index contributed by atoms with van der Waals surface area (Å²) in [5, 5.41) is 0. The minimum absolute atomic E-state index is 0.368. The standard InChI is InChI=1S/C26H34O6/c1-7-19(3)29-23(27)25(5,31-21-15-11-9-12-16-21)26(6,24(28)30-20(4)8-2)32-22-17-13-10-14-18-22/h9-20H,7-8H2,1-6H3. The smallest absolute Gasteiger partial charge is 0.355 e. The van der Waals surface area contributed by atoms with E-state index in [-0.39, 0.29) is 12.2 Å². The highest BCUT2D eigenvalue weighted by Crippen LogP contribution is 2.36. The van der Waals surface area contributed by atoms with Crippen molar-refractivity contribution in [2.75, 3.05) is 0 Å². The number of para-hydroxylation sites is 2. The minimum atomic E-state index is -1.85. The molecule has 0 bridgehead atoms. The molecular weight excluding hydrogens is 408 g/mol. The van der Waals surface area contributed by atoms with Crippen molar-refractivity contribution >= 4 is 11.9 Å². The third-order valence-corrected chi connectivity index (χ3v) is 5.59. The zero-order valence-electron chi connectivity index (χ0n) is 19.8. The number of carbonyl (C=O) groups is 2. The number of rotatable bonds is 11. The van der Waals surface area contributed by atoms with Gasteiger partial charge in [-0.1, -0.05) is 50.2 Å². The second-order valence-corrected chi connectivity index (χ2v) is 8.15. The molecule has 32 heavy (non-hydrogen) atoms. The summed E-state index contributed by atoms with van der Waals surface area (Å²) in [7, 11) is 0. The number of esters is 2. The van der Waals surface area contributed by atoms with Gasteiger partial charge in [0, 0.05) is 0 Å². The van der Waals surface area contributed by atoms with Crippen molar-refractivity contribution in [1.82, 2.24) is 0 Å². The number of hydrogen-bond acceptors (Lipinski definition) is 6. The van der Waals surface area contributed by atoms with E-state index in [1.165, 1.54) is 13.8 Å². The molecule has 0 amide bonds. The summed E-state index contributed by atoms with van der Waals surface area (Å²) in [5.41, 5.74) is -3.70. The van der Waals surface area contributed by atoms with Gasteiger partial charge in [0.1, 0.15) is 11.5 Å². The highest BCUT2D eigenvalue weighted by Gasteiger charge is 2.63. The van der Waals surface area contributed by atoms with Crippen LogP contribution in [0.1, 0.15) is 54.4 Å². The first-order valence-corrected chi connectivity index (χ1v) is 11.1. The molecule has 0 aliphatic carbocycles. The zero-order valence-corrected chi connectivity index (χ0v) is 19.8. The molecule has 0 heterocycles. The highest BCUT2D eigenvalue weighted by molar-refractivity contribution is 5.93. The fourth-order valence-electron chi connectivity index (χ4n) is 2.87. The Morgan fingerprint density at radius 1 is 0.688 bits per heavy atom. The molecule has 6 nitrogen and oxygen atoms in total. The number of hydrogen-bond donors (Lipinski definition) is 0. The summed E-state index contributed by atoms with van der Waals surface area (Å²) in [6.45, 7) is 10.4. The maximum Gasteiger partial charge on any atom is 0.355 e. The number of carbonyl (C=O) groups excluding carboxylic acids is 2. The molecular formula is C26H34O6. The molecule has 0 spiro atoms. The largest absolute Gasteiger partial charge is 0.471 e. The van der Waals surface area contributed by atoms with Crippen LogP contribution < -0.4 is 9.47 Å². The fourth-order valence-corrected chi connectivity index (χ4v) is 2.87. The molecule has 2 aromatic rings. The van der Waals surface area contributed by atoms with Crippen LogP contribution in [0.25, 0.3) is 0 Å². The van der Waals surface area contributed by atoms with Crippen molar-refractivity contribution in [2.45, 2.75) is 77.8 Å². The third kappa shape index (κ3) is 5.81. The summed E-state index contributed by atoms with van der Waals surface area (Å²) < 4.78 is 23.7.